The maximum absolute atomic E-state index is 11.1. The zero-order valence-electron chi connectivity index (χ0n) is 13.2. The third-order valence-corrected chi connectivity index (χ3v) is 3.64. The van der Waals surface area contributed by atoms with Crippen LogP contribution >= 0.6 is 23.2 Å². The fraction of sp³-hybridized carbons (Fsp3) is 0.167. The molecule has 1 unspecified atom stereocenters. The minimum absolute atomic E-state index is 0.415. The summed E-state index contributed by atoms with van der Waals surface area (Å²) in [5, 5.41) is 11.2. The van der Waals surface area contributed by atoms with Gasteiger partial charge in [0, 0.05) is 17.0 Å². The van der Waals surface area contributed by atoms with Gasteiger partial charge in [-0.15, -0.1) is 0 Å². The fourth-order valence-corrected chi connectivity index (χ4v) is 2.53. The topological polar surface area (TPSA) is 49.8 Å². The molecule has 0 radical (unpaired) electrons. The molecule has 24 heavy (non-hydrogen) atoms. The van der Waals surface area contributed by atoms with Crippen LogP contribution in [0, 0.1) is 0 Å². The van der Waals surface area contributed by atoms with Crippen LogP contribution in [0.3, 0.4) is 0 Å². The summed E-state index contributed by atoms with van der Waals surface area (Å²) >= 11 is 11.9. The highest BCUT2D eigenvalue weighted by Gasteiger charge is 2.10. The summed E-state index contributed by atoms with van der Waals surface area (Å²) in [5.74, 6) is 0.748. The molecular formula is C18H17Cl2NO3. The Morgan fingerprint density at radius 3 is 2.46 bits per heavy atom. The predicted octanol–water partition coefficient (Wildman–Crippen LogP) is 5.43. The van der Waals surface area contributed by atoms with Crippen molar-refractivity contribution in [2.45, 2.75) is 19.9 Å². The molecule has 6 heteroatoms. The number of nitrogens with zero attached hydrogens (tertiary/aromatic N) is 1. The highest BCUT2D eigenvalue weighted by atomic mass is 35.5. The second-order valence-electron chi connectivity index (χ2n) is 5.24. The van der Waals surface area contributed by atoms with Crippen LogP contribution in [0.15, 0.2) is 48.5 Å². The van der Waals surface area contributed by atoms with E-state index < -0.39 is 11.9 Å². The van der Waals surface area contributed by atoms with Crippen molar-refractivity contribution < 1.29 is 14.7 Å². The molecule has 0 aliphatic heterocycles. The van der Waals surface area contributed by atoms with Crippen LogP contribution < -0.4 is 4.74 Å². The van der Waals surface area contributed by atoms with E-state index in [2.05, 4.69) is 0 Å². The van der Waals surface area contributed by atoms with Crippen molar-refractivity contribution in [3.05, 3.63) is 64.1 Å². The standard InChI is InChI=1S/C18H17Cl2NO3/c1-12(21(23)13(2)22)6-7-14-4-3-5-17(8-14)24-18-10-15(19)9-16(20)11-18/h3-12,23H,1-2H3/b7-6+. The van der Waals surface area contributed by atoms with Gasteiger partial charge >= 0.3 is 0 Å². The van der Waals surface area contributed by atoms with Gasteiger partial charge in [-0.3, -0.25) is 10.0 Å². The number of carbonyl (C=O) groups is 1. The Morgan fingerprint density at radius 2 is 1.83 bits per heavy atom. The lowest BCUT2D eigenvalue weighted by Gasteiger charge is -2.17. The van der Waals surface area contributed by atoms with E-state index >= 15 is 0 Å². The number of rotatable bonds is 5. The van der Waals surface area contributed by atoms with Gasteiger partial charge in [0.05, 0.1) is 6.04 Å². The van der Waals surface area contributed by atoms with Gasteiger partial charge in [0.1, 0.15) is 11.5 Å². The molecule has 0 aliphatic rings. The van der Waals surface area contributed by atoms with Gasteiger partial charge in [0.2, 0.25) is 5.91 Å². The van der Waals surface area contributed by atoms with E-state index in [0.29, 0.717) is 26.6 Å². The molecule has 0 fully saturated rings. The number of amides is 1. The van der Waals surface area contributed by atoms with Crippen molar-refractivity contribution in [2.24, 2.45) is 0 Å². The lowest BCUT2D eigenvalue weighted by atomic mass is 10.1. The number of hydrogen-bond donors (Lipinski definition) is 1. The Bertz CT molecular complexity index is 741. The summed E-state index contributed by atoms with van der Waals surface area (Å²) in [6.45, 7) is 3.02. The van der Waals surface area contributed by atoms with Crippen LogP contribution in [0.5, 0.6) is 11.5 Å². The molecule has 2 rings (SSSR count). The summed E-state index contributed by atoms with van der Waals surface area (Å²) in [4.78, 5) is 11.1. The number of ether oxygens (including phenoxy) is 1. The number of carbonyl (C=O) groups excluding carboxylic acids is 1. The zero-order valence-corrected chi connectivity index (χ0v) is 14.8. The molecule has 1 amide bonds. The largest absolute Gasteiger partial charge is 0.457 e. The molecule has 0 saturated heterocycles. The first-order valence-electron chi connectivity index (χ1n) is 7.26. The summed E-state index contributed by atoms with van der Waals surface area (Å²) in [5.41, 5.74) is 0.865. The van der Waals surface area contributed by atoms with Crippen LogP contribution in [0.4, 0.5) is 0 Å². The van der Waals surface area contributed by atoms with Crippen LogP contribution in [-0.2, 0) is 4.79 Å². The highest BCUT2D eigenvalue weighted by molar-refractivity contribution is 6.34. The third-order valence-electron chi connectivity index (χ3n) is 3.21. The maximum Gasteiger partial charge on any atom is 0.243 e. The van der Waals surface area contributed by atoms with Crippen molar-refractivity contribution in [3.63, 3.8) is 0 Å². The van der Waals surface area contributed by atoms with Crippen molar-refractivity contribution in [1.82, 2.24) is 5.06 Å². The van der Waals surface area contributed by atoms with E-state index in [9.17, 15) is 10.0 Å². The fourth-order valence-electron chi connectivity index (χ4n) is 2.02. The minimum Gasteiger partial charge on any atom is -0.457 e. The van der Waals surface area contributed by atoms with E-state index in [1.165, 1.54) is 6.92 Å². The third kappa shape index (κ3) is 5.27. The normalized spacial score (nSPS) is 12.2. The number of hydrogen-bond acceptors (Lipinski definition) is 3. The Balaban J connectivity index is 2.12. The van der Waals surface area contributed by atoms with E-state index in [1.54, 1.807) is 37.3 Å². The van der Waals surface area contributed by atoms with Gasteiger partial charge in [-0.25, -0.2) is 5.06 Å². The summed E-state index contributed by atoms with van der Waals surface area (Å²) in [6, 6.07) is 11.9. The predicted molar refractivity (Wildman–Crippen MR) is 95.8 cm³/mol. The molecule has 1 atom stereocenters. The second-order valence-corrected chi connectivity index (χ2v) is 6.12. The molecule has 2 aromatic rings. The Kier molecular flexibility index (Phi) is 6.26. The first-order valence-corrected chi connectivity index (χ1v) is 8.01. The summed E-state index contributed by atoms with van der Waals surface area (Å²) < 4.78 is 5.76. The quantitative estimate of drug-likeness (QED) is 0.567. The molecule has 0 spiro atoms. The minimum atomic E-state index is -0.432. The molecule has 0 heterocycles. The summed E-state index contributed by atoms with van der Waals surface area (Å²) in [6.07, 6.45) is 3.52. The molecule has 1 N–H and O–H groups in total. The first kappa shape index (κ1) is 18.3. The Labute approximate surface area is 150 Å². The van der Waals surface area contributed by atoms with E-state index in [4.69, 9.17) is 27.9 Å². The zero-order chi connectivity index (χ0) is 17.7. The van der Waals surface area contributed by atoms with Gasteiger partial charge in [0.25, 0.3) is 0 Å². The molecule has 0 saturated carbocycles. The number of hydroxylamine groups is 2. The average molecular weight is 366 g/mol. The van der Waals surface area contributed by atoms with E-state index in [1.807, 2.05) is 24.3 Å². The highest BCUT2D eigenvalue weighted by Crippen LogP contribution is 2.28. The molecule has 0 aromatic heterocycles. The lowest BCUT2D eigenvalue weighted by molar-refractivity contribution is -0.167. The van der Waals surface area contributed by atoms with Crippen molar-refractivity contribution in [3.8, 4) is 11.5 Å². The van der Waals surface area contributed by atoms with Gasteiger partial charge in [-0.05, 0) is 42.8 Å². The number of benzene rings is 2. The second kappa shape index (κ2) is 8.20. The van der Waals surface area contributed by atoms with Crippen LogP contribution in [0.25, 0.3) is 6.08 Å². The van der Waals surface area contributed by atoms with Crippen LogP contribution in [0.2, 0.25) is 10.0 Å². The maximum atomic E-state index is 11.1. The van der Waals surface area contributed by atoms with Gasteiger partial charge < -0.3 is 4.74 Å². The van der Waals surface area contributed by atoms with E-state index in [-0.39, 0.29) is 0 Å². The smallest absolute Gasteiger partial charge is 0.243 e. The van der Waals surface area contributed by atoms with Crippen molar-refractivity contribution >= 4 is 35.2 Å². The van der Waals surface area contributed by atoms with Crippen LogP contribution in [0.1, 0.15) is 19.4 Å². The molecule has 2 aromatic carbocycles. The Hall–Kier alpha value is -2.01. The van der Waals surface area contributed by atoms with Gasteiger partial charge in [0.15, 0.2) is 0 Å². The SMILES string of the molecule is CC(=O)N(O)C(C)/C=C/c1cccc(Oc2cc(Cl)cc(Cl)c2)c1. The lowest BCUT2D eigenvalue weighted by Crippen LogP contribution is -2.32. The number of halogens is 2. The molecule has 4 nitrogen and oxygen atoms in total. The molecule has 0 aliphatic carbocycles. The van der Waals surface area contributed by atoms with Crippen LogP contribution in [-0.4, -0.2) is 22.2 Å². The molecule has 126 valence electrons. The average Bonchev–Trinajstić information content (AvgIpc) is 2.51. The molecular weight excluding hydrogens is 349 g/mol. The summed E-state index contributed by atoms with van der Waals surface area (Å²) in [7, 11) is 0. The van der Waals surface area contributed by atoms with Gasteiger partial charge in [-0.1, -0.05) is 47.5 Å². The Morgan fingerprint density at radius 1 is 1.17 bits per heavy atom. The van der Waals surface area contributed by atoms with E-state index in [0.717, 1.165) is 5.56 Å². The van der Waals surface area contributed by atoms with Gasteiger partial charge in [-0.2, -0.15) is 0 Å². The van der Waals surface area contributed by atoms with Crippen molar-refractivity contribution in [2.75, 3.05) is 0 Å². The monoisotopic (exact) mass is 365 g/mol. The first-order chi connectivity index (χ1) is 11.3. The van der Waals surface area contributed by atoms with Crippen molar-refractivity contribution in [1.29, 1.82) is 0 Å². The molecule has 0 bridgehead atoms.